The van der Waals surface area contributed by atoms with Crippen LogP contribution in [0.25, 0.3) is 22.3 Å². The third kappa shape index (κ3) is 2.56. The molecule has 0 aliphatic carbocycles. The predicted molar refractivity (Wildman–Crippen MR) is 88.7 cm³/mol. The highest BCUT2D eigenvalue weighted by atomic mass is 35.5. The molecule has 1 aromatic carbocycles. The van der Waals surface area contributed by atoms with E-state index in [2.05, 4.69) is 22.1 Å². The second kappa shape index (κ2) is 6.26. The van der Waals surface area contributed by atoms with Crippen LogP contribution in [0.3, 0.4) is 0 Å². The molecule has 0 radical (unpaired) electrons. The van der Waals surface area contributed by atoms with Gasteiger partial charge in [-0.05, 0) is 12.1 Å². The minimum absolute atomic E-state index is 0.376. The van der Waals surface area contributed by atoms with Crippen molar-refractivity contribution in [2.24, 2.45) is 0 Å². The second-order valence-electron chi connectivity index (χ2n) is 5.74. The van der Waals surface area contributed by atoms with Crippen LogP contribution in [-0.2, 0) is 4.74 Å². The van der Waals surface area contributed by atoms with Gasteiger partial charge in [-0.2, -0.15) is 0 Å². The van der Waals surface area contributed by atoms with Gasteiger partial charge in [0, 0.05) is 6.20 Å². The van der Waals surface area contributed by atoms with E-state index in [0.29, 0.717) is 27.3 Å². The Kier molecular flexibility index (Phi) is 4.07. The van der Waals surface area contributed by atoms with Crippen LogP contribution in [0.2, 0.25) is 5.02 Å². The monoisotopic (exact) mass is 359 g/mol. The molecule has 3 N–H and O–H groups in total. The minimum atomic E-state index is -1.22. The standard InChI is InChI=1S/C17H14ClN3O4/c18-10-6-21(17-15(24)14(23)11(7-22)25-17)16-12(10)13(19-8-20-16)9-4-2-1-3-5-9/h1-2,4,6,8,11,14-15,17,22-24H,7H2/t11-,14-,15-,17-/m1/s1. The van der Waals surface area contributed by atoms with Crippen LogP contribution in [-0.4, -0.2) is 54.8 Å². The number of nitrogens with zero attached hydrogens (tertiary/aromatic N) is 3. The van der Waals surface area contributed by atoms with Gasteiger partial charge in [0.25, 0.3) is 0 Å². The first-order valence-electron chi connectivity index (χ1n) is 7.64. The Morgan fingerprint density at radius 2 is 2.12 bits per heavy atom. The number of hydrogen-bond donors (Lipinski definition) is 3. The van der Waals surface area contributed by atoms with Crippen molar-refractivity contribution in [3.05, 3.63) is 47.9 Å². The van der Waals surface area contributed by atoms with Crippen LogP contribution in [0.4, 0.5) is 0 Å². The van der Waals surface area contributed by atoms with Crippen molar-refractivity contribution in [2.75, 3.05) is 6.61 Å². The molecule has 1 fully saturated rings. The van der Waals surface area contributed by atoms with Crippen LogP contribution >= 0.6 is 11.6 Å². The number of aromatic nitrogens is 3. The molecule has 1 saturated heterocycles. The fraction of sp³-hybridized carbons (Fsp3) is 0.294. The molecule has 0 bridgehead atoms. The molecule has 25 heavy (non-hydrogen) atoms. The van der Waals surface area contributed by atoms with Crippen molar-refractivity contribution in [3.8, 4) is 11.3 Å². The summed E-state index contributed by atoms with van der Waals surface area (Å²) in [5.74, 6) is 0. The Morgan fingerprint density at radius 1 is 1.28 bits per heavy atom. The summed E-state index contributed by atoms with van der Waals surface area (Å²) in [4.78, 5) is 8.54. The predicted octanol–water partition coefficient (Wildman–Crippen LogP) is 0.964. The first kappa shape index (κ1) is 16.3. The van der Waals surface area contributed by atoms with E-state index < -0.39 is 31.1 Å². The lowest BCUT2D eigenvalue weighted by Crippen LogP contribution is -2.33. The maximum atomic E-state index is 10.3. The molecule has 1 aliphatic rings. The van der Waals surface area contributed by atoms with E-state index in [9.17, 15) is 15.3 Å². The summed E-state index contributed by atoms with van der Waals surface area (Å²) in [6.07, 6.45) is -1.28. The maximum Gasteiger partial charge on any atom is 0.164 e. The average Bonchev–Trinajstić information content (AvgIpc) is 3.13. The van der Waals surface area contributed by atoms with E-state index in [1.165, 1.54) is 6.33 Å². The molecular weight excluding hydrogens is 346 g/mol. The zero-order valence-electron chi connectivity index (χ0n) is 12.9. The van der Waals surface area contributed by atoms with Crippen molar-refractivity contribution in [1.82, 2.24) is 14.5 Å². The van der Waals surface area contributed by atoms with Crippen LogP contribution < -0.4 is 0 Å². The Hall–Kier alpha value is -2.21. The van der Waals surface area contributed by atoms with Crippen molar-refractivity contribution < 1.29 is 20.1 Å². The lowest BCUT2D eigenvalue weighted by atomic mass is 10.1. The highest BCUT2D eigenvalue weighted by molar-refractivity contribution is 6.36. The van der Waals surface area contributed by atoms with Gasteiger partial charge < -0.3 is 24.6 Å². The zero-order chi connectivity index (χ0) is 17.6. The molecule has 0 unspecified atom stereocenters. The largest absolute Gasteiger partial charge is 0.394 e. The van der Waals surface area contributed by atoms with E-state index in [0.717, 1.165) is 0 Å². The second-order valence-corrected chi connectivity index (χ2v) is 6.15. The summed E-state index contributed by atoms with van der Waals surface area (Å²) in [6.45, 7) is -0.406. The number of fused-ring (bicyclic) bond motifs is 1. The third-order valence-electron chi connectivity index (χ3n) is 4.26. The van der Waals surface area contributed by atoms with Crippen molar-refractivity contribution in [2.45, 2.75) is 24.5 Å². The highest BCUT2D eigenvalue weighted by Gasteiger charge is 2.44. The van der Waals surface area contributed by atoms with Gasteiger partial charge in [-0.15, -0.1) is 0 Å². The molecule has 2 aromatic heterocycles. The molecule has 7 nitrogen and oxygen atoms in total. The molecule has 8 heteroatoms. The fourth-order valence-corrected chi connectivity index (χ4v) is 3.32. The molecule has 1 aliphatic heterocycles. The Morgan fingerprint density at radius 3 is 2.80 bits per heavy atom. The number of aliphatic hydroxyl groups excluding tert-OH is 3. The van der Waals surface area contributed by atoms with Crippen molar-refractivity contribution in [3.63, 3.8) is 0 Å². The lowest BCUT2D eigenvalue weighted by molar-refractivity contribution is -0.0508. The minimum Gasteiger partial charge on any atom is -0.394 e. The molecule has 0 saturated carbocycles. The van der Waals surface area contributed by atoms with Crippen LogP contribution in [0.1, 0.15) is 6.23 Å². The maximum absolute atomic E-state index is 10.3. The van der Waals surface area contributed by atoms with Gasteiger partial charge in [0.05, 0.1) is 28.3 Å². The molecule has 4 atom stereocenters. The van der Waals surface area contributed by atoms with Crippen LogP contribution in [0.5, 0.6) is 0 Å². The topological polar surface area (TPSA) is 101 Å². The quantitative estimate of drug-likeness (QED) is 0.644. The SMILES string of the molecule is OC[C@H]1O[C@@H](n2cc(Cl)c3c(-c4c#cccc4)ncnc32)[C@H](O)[C@@H]1O. The first-order valence-corrected chi connectivity index (χ1v) is 8.02. The Balaban J connectivity index is 1.86. The summed E-state index contributed by atoms with van der Waals surface area (Å²) >= 11 is 6.39. The fourth-order valence-electron chi connectivity index (χ4n) is 3.04. The van der Waals surface area contributed by atoms with E-state index >= 15 is 0 Å². The summed E-state index contributed by atoms with van der Waals surface area (Å²) in [7, 11) is 0. The third-order valence-corrected chi connectivity index (χ3v) is 4.55. The molecule has 4 rings (SSSR count). The summed E-state index contributed by atoms with van der Waals surface area (Å²) in [5, 5.41) is 30.5. The summed E-state index contributed by atoms with van der Waals surface area (Å²) in [6, 6.07) is 11.2. The van der Waals surface area contributed by atoms with E-state index in [1.54, 1.807) is 16.8 Å². The van der Waals surface area contributed by atoms with Gasteiger partial charge >= 0.3 is 0 Å². The van der Waals surface area contributed by atoms with E-state index in [4.69, 9.17) is 16.3 Å². The summed E-state index contributed by atoms with van der Waals surface area (Å²) < 4.78 is 7.11. The van der Waals surface area contributed by atoms with Crippen LogP contribution in [0.15, 0.2) is 30.7 Å². The number of aliphatic hydroxyl groups is 3. The van der Waals surface area contributed by atoms with Gasteiger partial charge in [0.15, 0.2) is 6.23 Å². The smallest absolute Gasteiger partial charge is 0.164 e. The number of hydrogen-bond acceptors (Lipinski definition) is 6. The van der Waals surface area contributed by atoms with Gasteiger partial charge in [-0.25, -0.2) is 9.97 Å². The van der Waals surface area contributed by atoms with E-state index in [1.807, 2.05) is 12.1 Å². The molecule has 0 spiro atoms. The van der Waals surface area contributed by atoms with E-state index in [-0.39, 0.29) is 0 Å². The van der Waals surface area contributed by atoms with Gasteiger partial charge in [0.2, 0.25) is 0 Å². The molecule has 3 heterocycles. The summed E-state index contributed by atoms with van der Waals surface area (Å²) in [5.41, 5.74) is 1.73. The average molecular weight is 360 g/mol. The van der Waals surface area contributed by atoms with Crippen LogP contribution in [0, 0.1) is 12.1 Å². The molecule has 3 aromatic rings. The molecule has 128 valence electrons. The number of halogens is 1. The molecule has 0 amide bonds. The normalized spacial score (nSPS) is 26.1. The van der Waals surface area contributed by atoms with Crippen molar-refractivity contribution in [1.29, 1.82) is 0 Å². The number of rotatable bonds is 3. The van der Waals surface area contributed by atoms with Crippen molar-refractivity contribution >= 4 is 22.6 Å². The molecular formula is C17H14ClN3O4. The first-order chi connectivity index (χ1) is 12.1. The Bertz CT molecular complexity index is 902. The number of ether oxygens (including phenoxy) is 1. The van der Waals surface area contributed by atoms with Gasteiger partial charge in [-0.3, -0.25) is 0 Å². The van der Waals surface area contributed by atoms with Gasteiger partial charge in [-0.1, -0.05) is 29.8 Å². The lowest BCUT2D eigenvalue weighted by Gasteiger charge is -2.17. The highest BCUT2D eigenvalue weighted by Crippen LogP contribution is 2.37. The zero-order valence-corrected chi connectivity index (χ0v) is 13.6. The van der Waals surface area contributed by atoms with Gasteiger partial charge in [0.1, 0.15) is 30.3 Å². The Labute approximate surface area is 148 Å².